The Hall–Kier alpha value is -2.19. The SMILES string of the molecule is CN(Cc1nc2ccccc2s1)C(=O)CN(C[C@H]1CCCO1)C(=O)OC(C)(C)C. The number of aromatic nitrogens is 1. The van der Waals surface area contributed by atoms with E-state index >= 15 is 0 Å². The van der Waals surface area contributed by atoms with Crippen LogP contribution in [0.2, 0.25) is 0 Å². The van der Waals surface area contributed by atoms with E-state index < -0.39 is 11.7 Å². The summed E-state index contributed by atoms with van der Waals surface area (Å²) in [5, 5.41) is 0.866. The number of rotatable bonds is 6. The van der Waals surface area contributed by atoms with Crippen molar-refractivity contribution < 1.29 is 19.1 Å². The second kappa shape index (κ2) is 9.09. The highest BCUT2D eigenvalue weighted by Gasteiger charge is 2.29. The first-order chi connectivity index (χ1) is 13.7. The van der Waals surface area contributed by atoms with E-state index in [0.29, 0.717) is 19.7 Å². The Kier molecular flexibility index (Phi) is 6.74. The number of hydrogen-bond acceptors (Lipinski definition) is 6. The summed E-state index contributed by atoms with van der Waals surface area (Å²) < 4.78 is 12.2. The fraction of sp³-hybridized carbons (Fsp3) is 0.571. The lowest BCUT2D eigenvalue weighted by atomic mass is 10.2. The number of carbonyl (C=O) groups excluding carboxylic acids is 2. The molecule has 158 valence electrons. The van der Waals surface area contributed by atoms with Gasteiger partial charge in [-0.05, 0) is 45.7 Å². The van der Waals surface area contributed by atoms with Crippen molar-refractivity contribution in [3.8, 4) is 0 Å². The Morgan fingerprint density at radius 1 is 1.31 bits per heavy atom. The number of para-hydroxylation sites is 1. The van der Waals surface area contributed by atoms with Gasteiger partial charge >= 0.3 is 6.09 Å². The van der Waals surface area contributed by atoms with Crippen molar-refractivity contribution in [1.29, 1.82) is 0 Å². The molecule has 29 heavy (non-hydrogen) atoms. The average Bonchev–Trinajstić information content (AvgIpc) is 3.28. The monoisotopic (exact) mass is 419 g/mol. The number of nitrogens with zero attached hydrogens (tertiary/aromatic N) is 3. The van der Waals surface area contributed by atoms with Crippen LogP contribution in [0.25, 0.3) is 10.2 Å². The number of thiazole rings is 1. The quantitative estimate of drug-likeness (QED) is 0.714. The molecule has 0 radical (unpaired) electrons. The molecule has 3 rings (SSSR count). The maximum atomic E-state index is 12.8. The summed E-state index contributed by atoms with van der Waals surface area (Å²) in [6.45, 7) is 6.85. The molecule has 7 nitrogen and oxygen atoms in total. The van der Waals surface area contributed by atoms with E-state index in [1.54, 1.807) is 23.3 Å². The zero-order chi connectivity index (χ0) is 21.0. The fourth-order valence-electron chi connectivity index (χ4n) is 3.13. The molecule has 0 aliphatic carbocycles. The van der Waals surface area contributed by atoms with E-state index in [1.807, 2.05) is 45.0 Å². The van der Waals surface area contributed by atoms with Gasteiger partial charge in [-0.25, -0.2) is 9.78 Å². The number of benzene rings is 1. The second-order valence-electron chi connectivity index (χ2n) is 8.32. The highest BCUT2D eigenvalue weighted by atomic mass is 32.1. The molecule has 1 fully saturated rings. The molecule has 0 spiro atoms. The van der Waals surface area contributed by atoms with Crippen molar-refractivity contribution in [2.24, 2.45) is 0 Å². The summed E-state index contributed by atoms with van der Waals surface area (Å²) in [6, 6.07) is 7.90. The number of carbonyl (C=O) groups is 2. The smallest absolute Gasteiger partial charge is 0.410 e. The van der Waals surface area contributed by atoms with E-state index in [2.05, 4.69) is 4.98 Å². The molecule has 1 aromatic carbocycles. The summed E-state index contributed by atoms with van der Waals surface area (Å²) in [4.78, 5) is 33.1. The highest BCUT2D eigenvalue weighted by molar-refractivity contribution is 7.18. The van der Waals surface area contributed by atoms with Crippen LogP contribution in [-0.2, 0) is 20.8 Å². The van der Waals surface area contributed by atoms with Crippen LogP contribution in [0.4, 0.5) is 4.79 Å². The molecular weight excluding hydrogens is 390 g/mol. The topological polar surface area (TPSA) is 72.0 Å². The van der Waals surface area contributed by atoms with Gasteiger partial charge in [0, 0.05) is 13.7 Å². The van der Waals surface area contributed by atoms with Crippen molar-refractivity contribution >= 4 is 33.6 Å². The molecule has 1 aromatic heterocycles. The summed E-state index contributed by atoms with van der Waals surface area (Å²) >= 11 is 1.57. The Bertz CT molecular complexity index is 822. The van der Waals surface area contributed by atoms with Crippen LogP contribution in [0.3, 0.4) is 0 Å². The fourth-order valence-corrected chi connectivity index (χ4v) is 4.15. The van der Waals surface area contributed by atoms with Crippen molar-refractivity contribution in [1.82, 2.24) is 14.8 Å². The third-order valence-electron chi connectivity index (χ3n) is 4.56. The Balaban J connectivity index is 1.64. The van der Waals surface area contributed by atoms with Gasteiger partial charge in [-0.15, -0.1) is 11.3 Å². The zero-order valence-electron chi connectivity index (χ0n) is 17.5. The number of hydrogen-bond donors (Lipinski definition) is 0. The number of likely N-dealkylation sites (N-methyl/N-ethyl adjacent to an activating group) is 1. The van der Waals surface area contributed by atoms with E-state index in [0.717, 1.165) is 28.1 Å². The minimum absolute atomic E-state index is 0.0455. The molecule has 1 aliphatic heterocycles. The van der Waals surface area contributed by atoms with Crippen molar-refractivity contribution in [3.63, 3.8) is 0 Å². The maximum Gasteiger partial charge on any atom is 0.410 e. The van der Waals surface area contributed by atoms with E-state index in [4.69, 9.17) is 9.47 Å². The second-order valence-corrected chi connectivity index (χ2v) is 9.44. The summed E-state index contributed by atoms with van der Waals surface area (Å²) in [5.74, 6) is -0.159. The van der Waals surface area contributed by atoms with E-state index in [9.17, 15) is 9.59 Å². The van der Waals surface area contributed by atoms with Crippen LogP contribution < -0.4 is 0 Å². The lowest BCUT2D eigenvalue weighted by molar-refractivity contribution is -0.132. The maximum absolute atomic E-state index is 12.8. The largest absolute Gasteiger partial charge is 0.444 e. The minimum Gasteiger partial charge on any atom is -0.444 e. The first kappa shape index (κ1) is 21.5. The van der Waals surface area contributed by atoms with E-state index in [1.165, 1.54) is 4.90 Å². The molecule has 1 saturated heterocycles. The molecule has 8 heteroatoms. The standard InChI is InChI=1S/C21H29N3O4S/c1-21(2,3)28-20(26)24(12-15-8-7-11-27-15)14-19(25)23(4)13-18-22-16-9-5-6-10-17(16)29-18/h5-6,9-10,15H,7-8,11-14H2,1-4H3/t15-/m1/s1. The van der Waals surface area contributed by atoms with Gasteiger partial charge in [0.15, 0.2) is 0 Å². The third kappa shape index (κ3) is 6.14. The number of ether oxygens (including phenoxy) is 2. The Morgan fingerprint density at radius 2 is 2.07 bits per heavy atom. The van der Waals surface area contributed by atoms with Gasteiger partial charge in [-0.3, -0.25) is 9.69 Å². The van der Waals surface area contributed by atoms with Crippen molar-refractivity contribution in [3.05, 3.63) is 29.3 Å². The van der Waals surface area contributed by atoms with Gasteiger partial charge in [0.1, 0.15) is 17.2 Å². The molecule has 0 bridgehead atoms. The van der Waals surface area contributed by atoms with Gasteiger partial charge in [0.05, 0.1) is 29.4 Å². The normalized spacial score (nSPS) is 16.8. The molecule has 2 amide bonds. The Morgan fingerprint density at radius 3 is 2.72 bits per heavy atom. The van der Waals surface area contributed by atoms with Crippen LogP contribution >= 0.6 is 11.3 Å². The van der Waals surface area contributed by atoms with Crippen LogP contribution in [0, 0.1) is 0 Å². The first-order valence-corrected chi connectivity index (χ1v) is 10.7. The Labute approximate surface area is 175 Å². The first-order valence-electron chi connectivity index (χ1n) is 9.89. The predicted molar refractivity (Wildman–Crippen MR) is 113 cm³/mol. The molecule has 1 atom stereocenters. The van der Waals surface area contributed by atoms with Crippen LogP contribution in [0.5, 0.6) is 0 Å². The van der Waals surface area contributed by atoms with Gasteiger partial charge in [0.25, 0.3) is 0 Å². The lowest BCUT2D eigenvalue weighted by Gasteiger charge is -2.29. The molecule has 2 heterocycles. The molecule has 0 saturated carbocycles. The summed E-state index contributed by atoms with van der Waals surface area (Å²) in [7, 11) is 1.73. The highest BCUT2D eigenvalue weighted by Crippen LogP contribution is 2.22. The predicted octanol–water partition coefficient (Wildman–Crippen LogP) is 3.67. The molecule has 0 unspecified atom stereocenters. The average molecular weight is 420 g/mol. The van der Waals surface area contributed by atoms with Crippen molar-refractivity contribution in [2.75, 3.05) is 26.7 Å². The zero-order valence-corrected chi connectivity index (χ0v) is 18.3. The lowest BCUT2D eigenvalue weighted by Crippen LogP contribution is -2.46. The minimum atomic E-state index is -0.623. The molecule has 0 N–H and O–H groups in total. The molecular formula is C21H29N3O4S. The van der Waals surface area contributed by atoms with Crippen LogP contribution in [0.15, 0.2) is 24.3 Å². The molecule has 2 aromatic rings. The van der Waals surface area contributed by atoms with Crippen LogP contribution in [-0.4, -0.2) is 65.2 Å². The van der Waals surface area contributed by atoms with Gasteiger partial charge < -0.3 is 14.4 Å². The van der Waals surface area contributed by atoms with E-state index in [-0.39, 0.29) is 18.6 Å². The summed E-state index contributed by atoms with van der Waals surface area (Å²) in [5.41, 5.74) is 0.309. The molecule has 1 aliphatic rings. The number of amides is 2. The van der Waals surface area contributed by atoms with Crippen molar-refractivity contribution in [2.45, 2.75) is 51.9 Å². The third-order valence-corrected chi connectivity index (χ3v) is 5.58. The van der Waals surface area contributed by atoms with Gasteiger partial charge in [0.2, 0.25) is 5.91 Å². The van der Waals surface area contributed by atoms with Gasteiger partial charge in [-0.2, -0.15) is 0 Å². The summed E-state index contributed by atoms with van der Waals surface area (Å²) in [6.07, 6.45) is 1.31. The van der Waals surface area contributed by atoms with Gasteiger partial charge in [-0.1, -0.05) is 12.1 Å². The van der Waals surface area contributed by atoms with Crippen LogP contribution in [0.1, 0.15) is 38.6 Å². The number of fused-ring (bicyclic) bond motifs is 1.